The number of hydrogen-bond acceptors (Lipinski definition) is 8. The molecule has 0 atom stereocenters. The summed E-state index contributed by atoms with van der Waals surface area (Å²) < 4.78 is 10.9. The lowest BCUT2D eigenvalue weighted by molar-refractivity contribution is -0.119. The molecule has 2 heterocycles. The highest BCUT2D eigenvalue weighted by Gasteiger charge is 2.17. The van der Waals surface area contributed by atoms with Crippen LogP contribution in [0.1, 0.15) is 16.1 Å². The average Bonchev–Trinajstić information content (AvgIpc) is 3.32. The van der Waals surface area contributed by atoms with Crippen LogP contribution in [-0.4, -0.2) is 33.4 Å². The Morgan fingerprint density at radius 2 is 1.85 bits per heavy atom. The molecule has 0 saturated heterocycles. The number of hydrogen-bond donors (Lipinski definition) is 1. The third kappa shape index (κ3) is 5.91. The number of carbonyl (C=O) groups excluding carboxylic acids is 2. The van der Waals surface area contributed by atoms with Crippen LogP contribution in [0.3, 0.4) is 0 Å². The van der Waals surface area contributed by atoms with E-state index in [1.165, 1.54) is 16.7 Å². The number of halogens is 1. The molecule has 4 rings (SSSR count). The number of nitrogens with one attached hydrogen (secondary N) is 1. The van der Waals surface area contributed by atoms with Crippen molar-refractivity contribution in [2.75, 3.05) is 11.9 Å². The van der Waals surface area contributed by atoms with Crippen molar-refractivity contribution in [3.05, 3.63) is 82.6 Å². The largest absolute Gasteiger partial charge is 0.455 e. The molecule has 0 saturated carbocycles. The van der Waals surface area contributed by atoms with Crippen LogP contribution in [0.4, 0.5) is 5.69 Å². The molecule has 166 valence electrons. The molecule has 0 aliphatic rings. The van der Waals surface area contributed by atoms with Crippen molar-refractivity contribution in [3.8, 4) is 22.3 Å². The number of carbonyl (C=O) groups is 2. The summed E-state index contributed by atoms with van der Waals surface area (Å²) in [5.41, 5.74) is 1.51. The van der Waals surface area contributed by atoms with E-state index in [0.29, 0.717) is 33.0 Å². The van der Waals surface area contributed by atoms with Crippen LogP contribution >= 0.6 is 22.9 Å². The van der Waals surface area contributed by atoms with Crippen LogP contribution in [0.5, 0.6) is 11.5 Å². The van der Waals surface area contributed by atoms with E-state index < -0.39 is 18.5 Å². The van der Waals surface area contributed by atoms with E-state index in [1.807, 2.05) is 31.2 Å². The fraction of sp³-hybridized carbons (Fsp3) is 0.0870. The van der Waals surface area contributed by atoms with Gasteiger partial charge in [-0.15, -0.1) is 11.3 Å². The molecule has 4 aromatic rings. The van der Waals surface area contributed by atoms with E-state index in [0.717, 1.165) is 5.56 Å². The smallest absolute Gasteiger partial charge is 0.358 e. The minimum Gasteiger partial charge on any atom is -0.455 e. The Hall–Kier alpha value is -3.82. The minimum absolute atomic E-state index is 0.0707. The van der Waals surface area contributed by atoms with Crippen LogP contribution < -0.4 is 10.1 Å². The van der Waals surface area contributed by atoms with Gasteiger partial charge in [-0.3, -0.25) is 4.79 Å². The second kappa shape index (κ2) is 10.2. The lowest BCUT2D eigenvalue weighted by atomic mass is 10.2. The maximum Gasteiger partial charge on any atom is 0.358 e. The first kappa shape index (κ1) is 22.4. The van der Waals surface area contributed by atoms with Gasteiger partial charge in [0.2, 0.25) is 0 Å². The van der Waals surface area contributed by atoms with Crippen LogP contribution in [0.2, 0.25) is 5.02 Å². The topological polar surface area (TPSA) is 103 Å². The Labute approximate surface area is 198 Å². The quantitative estimate of drug-likeness (QED) is 0.365. The third-order valence-corrected chi connectivity index (χ3v) is 5.34. The Kier molecular flexibility index (Phi) is 6.92. The van der Waals surface area contributed by atoms with Crippen LogP contribution in [-0.2, 0) is 9.53 Å². The number of amides is 1. The monoisotopic (exact) mass is 480 g/mol. The summed E-state index contributed by atoms with van der Waals surface area (Å²) in [6.45, 7) is 1.46. The van der Waals surface area contributed by atoms with Gasteiger partial charge in [-0.25, -0.2) is 19.7 Å². The Balaban J connectivity index is 1.38. The highest BCUT2D eigenvalue weighted by atomic mass is 35.5. The third-order valence-electron chi connectivity index (χ3n) is 4.27. The van der Waals surface area contributed by atoms with Crippen LogP contribution in [0, 0.1) is 6.92 Å². The molecule has 0 radical (unpaired) electrons. The van der Waals surface area contributed by atoms with Crippen molar-refractivity contribution < 1.29 is 19.1 Å². The highest BCUT2D eigenvalue weighted by molar-refractivity contribution is 7.13. The number of aromatic nitrogens is 3. The fourth-order valence-corrected chi connectivity index (χ4v) is 3.60. The average molecular weight is 481 g/mol. The van der Waals surface area contributed by atoms with Crippen LogP contribution in [0.15, 0.2) is 66.3 Å². The Bertz CT molecular complexity index is 1280. The summed E-state index contributed by atoms with van der Waals surface area (Å²) >= 11 is 7.28. The zero-order valence-electron chi connectivity index (χ0n) is 17.3. The number of thiazole rings is 1. The molecule has 0 bridgehead atoms. The molecular weight excluding hydrogens is 464 g/mol. The van der Waals surface area contributed by atoms with Gasteiger partial charge in [0.05, 0.1) is 5.69 Å². The summed E-state index contributed by atoms with van der Waals surface area (Å²) in [7, 11) is 0. The van der Waals surface area contributed by atoms with Crippen molar-refractivity contribution in [2.24, 2.45) is 0 Å². The fourth-order valence-electron chi connectivity index (χ4n) is 2.69. The van der Waals surface area contributed by atoms with Crippen molar-refractivity contribution in [2.45, 2.75) is 6.92 Å². The molecule has 0 spiro atoms. The van der Waals surface area contributed by atoms with Gasteiger partial charge in [-0.2, -0.15) is 0 Å². The molecule has 0 aliphatic carbocycles. The van der Waals surface area contributed by atoms with Gasteiger partial charge < -0.3 is 14.8 Å². The van der Waals surface area contributed by atoms with Crippen molar-refractivity contribution >= 4 is 40.5 Å². The number of esters is 1. The Morgan fingerprint density at radius 3 is 2.61 bits per heavy atom. The first-order valence-electron chi connectivity index (χ1n) is 9.72. The number of ether oxygens (including phenoxy) is 2. The standard InChI is InChI=1S/C23H17ClN4O4S/c1-14-3-6-16(7-4-14)32-19-8-5-15(24)11-17(19)27-20(29)12-31-23(30)18-13-33-22(28-18)21-25-9-2-10-26-21/h2-11,13H,12H2,1H3,(H,27,29). The lowest BCUT2D eigenvalue weighted by Crippen LogP contribution is -2.21. The number of benzene rings is 2. The molecule has 2 aromatic heterocycles. The Morgan fingerprint density at radius 1 is 1.09 bits per heavy atom. The zero-order chi connectivity index (χ0) is 23.2. The molecule has 1 N–H and O–H groups in total. The summed E-state index contributed by atoms with van der Waals surface area (Å²) in [6, 6.07) is 14.0. The van der Waals surface area contributed by atoms with E-state index >= 15 is 0 Å². The number of nitrogens with zero attached hydrogens (tertiary/aromatic N) is 3. The summed E-state index contributed by atoms with van der Waals surface area (Å²) in [6.07, 6.45) is 3.16. The predicted octanol–water partition coefficient (Wildman–Crippen LogP) is 5.15. The molecule has 0 unspecified atom stereocenters. The van der Waals surface area contributed by atoms with Gasteiger partial charge in [0.15, 0.2) is 28.9 Å². The maximum atomic E-state index is 12.4. The van der Waals surface area contributed by atoms with Crippen molar-refractivity contribution in [3.63, 3.8) is 0 Å². The second-order valence-electron chi connectivity index (χ2n) is 6.79. The zero-order valence-corrected chi connectivity index (χ0v) is 18.9. The van der Waals surface area contributed by atoms with Crippen molar-refractivity contribution in [1.29, 1.82) is 0 Å². The van der Waals surface area contributed by atoms with Gasteiger partial charge in [0.1, 0.15) is 5.75 Å². The molecule has 0 fully saturated rings. The molecule has 2 aromatic carbocycles. The van der Waals surface area contributed by atoms with Gasteiger partial charge in [-0.05, 0) is 43.3 Å². The molecule has 0 aliphatic heterocycles. The molecular formula is C23H17ClN4O4S. The second-order valence-corrected chi connectivity index (χ2v) is 8.08. The lowest BCUT2D eigenvalue weighted by Gasteiger charge is -2.13. The number of anilines is 1. The molecule has 10 heteroatoms. The normalized spacial score (nSPS) is 10.5. The number of rotatable bonds is 7. The van der Waals surface area contributed by atoms with E-state index in [9.17, 15) is 9.59 Å². The first-order chi connectivity index (χ1) is 16.0. The van der Waals surface area contributed by atoms with E-state index in [2.05, 4.69) is 20.3 Å². The van der Waals surface area contributed by atoms with E-state index in [-0.39, 0.29) is 5.69 Å². The van der Waals surface area contributed by atoms with E-state index in [1.54, 1.807) is 36.7 Å². The van der Waals surface area contributed by atoms with Crippen LogP contribution in [0.25, 0.3) is 10.8 Å². The van der Waals surface area contributed by atoms with Gasteiger partial charge >= 0.3 is 5.97 Å². The van der Waals surface area contributed by atoms with Gasteiger partial charge in [0, 0.05) is 22.8 Å². The summed E-state index contributed by atoms with van der Waals surface area (Å²) in [5, 5.41) is 5.07. The molecule has 1 amide bonds. The predicted molar refractivity (Wildman–Crippen MR) is 125 cm³/mol. The van der Waals surface area contributed by atoms with Gasteiger partial charge in [0.25, 0.3) is 5.91 Å². The summed E-state index contributed by atoms with van der Waals surface area (Å²) in [5.74, 6) is 0.120. The molecule has 33 heavy (non-hydrogen) atoms. The first-order valence-corrected chi connectivity index (χ1v) is 11.0. The van der Waals surface area contributed by atoms with Crippen molar-refractivity contribution in [1.82, 2.24) is 15.0 Å². The molecule has 8 nitrogen and oxygen atoms in total. The SMILES string of the molecule is Cc1ccc(Oc2ccc(Cl)cc2NC(=O)COC(=O)c2csc(-c3ncccn3)n2)cc1. The maximum absolute atomic E-state index is 12.4. The van der Waals surface area contributed by atoms with Gasteiger partial charge in [-0.1, -0.05) is 29.3 Å². The summed E-state index contributed by atoms with van der Waals surface area (Å²) in [4.78, 5) is 37.1. The minimum atomic E-state index is -0.731. The van der Waals surface area contributed by atoms with E-state index in [4.69, 9.17) is 21.1 Å². The number of aryl methyl sites for hydroxylation is 1. The highest BCUT2D eigenvalue weighted by Crippen LogP contribution is 2.32.